The summed E-state index contributed by atoms with van der Waals surface area (Å²) in [6, 6.07) is 79.9. The summed E-state index contributed by atoms with van der Waals surface area (Å²) in [5, 5.41) is 0. The molecule has 8 aromatic carbocycles. The van der Waals surface area contributed by atoms with Crippen LogP contribution in [0.25, 0.3) is 101 Å². The Labute approximate surface area is 350 Å². The van der Waals surface area contributed by atoms with Crippen molar-refractivity contribution in [2.75, 3.05) is 0 Å². The third-order valence-electron chi connectivity index (χ3n) is 10.8. The third kappa shape index (κ3) is 7.30. The van der Waals surface area contributed by atoms with Gasteiger partial charge in [-0.15, -0.1) is 0 Å². The maximum atomic E-state index is 5.59. The van der Waals surface area contributed by atoms with E-state index < -0.39 is 0 Å². The second-order valence-corrected chi connectivity index (χ2v) is 14.6. The Morgan fingerprint density at radius 1 is 0.167 bits per heavy atom. The van der Waals surface area contributed by atoms with Crippen LogP contribution in [0.1, 0.15) is 0 Å². The molecule has 0 saturated heterocycles. The zero-order chi connectivity index (χ0) is 40.1. The summed E-state index contributed by atoms with van der Waals surface area (Å²) >= 11 is 0. The van der Waals surface area contributed by atoms with Crippen molar-refractivity contribution >= 4 is 0 Å². The van der Waals surface area contributed by atoms with E-state index in [1.54, 1.807) is 0 Å². The van der Waals surface area contributed by atoms with E-state index in [-0.39, 0.29) is 0 Å². The number of pyridine rings is 1. The predicted molar refractivity (Wildman–Crippen MR) is 247 cm³/mol. The molecule has 0 spiro atoms. The molecule has 4 nitrogen and oxygen atoms in total. The standard InChI is InChI=1S/C56H38N4/c1-7-19-39(20-8-1)40-31-35-47(36-32-40)55-58-54(46-29-17-6-18-30-46)59-56(60-55)48-37-33-43(34-38-48)49-50(41-21-9-2-10-22-41)52(44-25-13-4-14-26-44)57-53(45-27-15-5-16-28-45)51(49)42-23-11-3-12-24-42/h1-38H. The minimum atomic E-state index is 0.605. The lowest BCUT2D eigenvalue weighted by molar-refractivity contribution is 1.07. The van der Waals surface area contributed by atoms with Gasteiger partial charge in [0.05, 0.1) is 11.4 Å². The zero-order valence-corrected chi connectivity index (χ0v) is 32.7. The fourth-order valence-electron chi connectivity index (χ4n) is 7.83. The maximum absolute atomic E-state index is 5.59. The molecule has 0 radical (unpaired) electrons. The van der Waals surface area contributed by atoms with Crippen molar-refractivity contribution in [1.82, 2.24) is 19.9 Å². The Hall–Kier alpha value is -8.08. The van der Waals surface area contributed by atoms with Crippen LogP contribution in [0, 0.1) is 0 Å². The molecule has 10 rings (SSSR count). The van der Waals surface area contributed by atoms with Crippen molar-refractivity contribution in [3.05, 3.63) is 231 Å². The first-order valence-electron chi connectivity index (χ1n) is 20.1. The number of rotatable bonds is 9. The van der Waals surface area contributed by atoms with E-state index >= 15 is 0 Å². The van der Waals surface area contributed by atoms with Gasteiger partial charge in [0.25, 0.3) is 0 Å². The first-order chi connectivity index (χ1) is 29.8. The molecule has 0 fully saturated rings. The van der Waals surface area contributed by atoms with E-state index in [1.807, 2.05) is 36.4 Å². The smallest absolute Gasteiger partial charge is 0.164 e. The lowest BCUT2D eigenvalue weighted by Crippen LogP contribution is -2.02. The van der Waals surface area contributed by atoms with Crippen molar-refractivity contribution in [3.63, 3.8) is 0 Å². The molecule has 10 aromatic rings. The molecular weight excluding hydrogens is 729 g/mol. The summed E-state index contributed by atoms with van der Waals surface area (Å²) in [5.41, 5.74) is 15.5. The minimum Gasteiger partial charge on any atom is -0.246 e. The molecule has 2 aromatic heterocycles. The van der Waals surface area contributed by atoms with Crippen LogP contribution in [0.5, 0.6) is 0 Å². The number of nitrogens with zero attached hydrogens (tertiary/aromatic N) is 4. The Bertz CT molecular complexity index is 2910. The monoisotopic (exact) mass is 766 g/mol. The van der Waals surface area contributed by atoms with E-state index in [1.165, 1.54) is 0 Å². The van der Waals surface area contributed by atoms with Gasteiger partial charge >= 0.3 is 0 Å². The quantitative estimate of drug-likeness (QED) is 0.147. The number of benzene rings is 8. The molecule has 0 saturated carbocycles. The Morgan fingerprint density at radius 3 is 0.767 bits per heavy atom. The second-order valence-electron chi connectivity index (χ2n) is 14.6. The Morgan fingerprint density at radius 2 is 0.400 bits per heavy atom. The van der Waals surface area contributed by atoms with Crippen LogP contribution >= 0.6 is 0 Å². The molecule has 0 bridgehead atoms. The fraction of sp³-hybridized carbons (Fsp3) is 0. The largest absolute Gasteiger partial charge is 0.246 e. The molecule has 0 atom stereocenters. The molecule has 0 aliphatic rings. The zero-order valence-electron chi connectivity index (χ0n) is 32.7. The Balaban J connectivity index is 1.18. The summed E-state index contributed by atoms with van der Waals surface area (Å²) < 4.78 is 0. The van der Waals surface area contributed by atoms with Crippen LogP contribution in [0.3, 0.4) is 0 Å². The molecule has 0 amide bonds. The first kappa shape index (κ1) is 36.3. The number of hydrogen-bond acceptors (Lipinski definition) is 4. The molecule has 0 aliphatic carbocycles. The average molecular weight is 767 g/mol. The summed E-state index contributed by atoms with van der Waals surface area (Å²) in [6.45, 7) is 0. The maximum Gasteiger partial charge on any atom is 0.164 e. The van der Waals surface area contributed by atoms with Gasteiger partial charge in [-0.2, -0.15) is 0 Å². The second kappa shape index (κ2) is 16.4. The highest BCUT2D eigenvalue weighted by atomic mass is 15.0. The summed E-state index contributed by atoms with van der Waals surface area (Å²) in [5.74, 6) is 1.85. The normalized spacial score (nSPS) is 11.0. The molecular formula is C56H38N4. The fourth-order valence-corrected chi connectivity index (χ4v) is 7.83. The van der Waals surface area contributed by atoms with Crippen LogP contribution in [0.15, 0.2) is 231 Å². The molecule has 0 unspecified atom stereocenters. The van der Waals surface area contributed by atoms with Crippen LogP contribution in [0.4, 0.5) is 0 Å². The third-order valence-corrected chi connectivity index (χ3v) is 10.8. The predicted octanol–water partition coefficient (Wildman–Crippen LogP) is 14.3. The topological polar surface area (TPSA) is 51.6 Å². The van der Waals surface area contributed by atoms with E-state index in [0.29, 0.717) is 17.5 Å². The van der Waals surface area contributed by atoms with E-state index in [0.717, 1.165) is 83.7 Å². The molecule has 2 heterocycles. The van der Waals surface area contributed by atoms with Crippen LogP contribution in [-0.2, 0) is 0 Å². The highest BCUT2D eigenvalue weighted by molar-refractivity contribution is 6.05. The molecule has 0 N–H and O–H groups in total. The molecule has 0 aliphatic heterocycles. The van der Waals surface area contributed by atoms with Gasteiger partial charge < -0.3 is 0 Å². The Kier molecular flexibility index (Phi) is 9.92. The van der Waals surface area contributed by atoms with Crippen molar-refractivity contribution in [2.45, 2.75) is 0 Å². The van der Waals surface area contributed by atoms with Gasteiger partial charge in [0, 0.05) is 44.5 Å². The molecule has 60 heavy (non-hydrogen) atoms. The van der Waals surface area contributed by atoms with Gasteiger partial charge in [-0.3, -0.25) is 0 Å². The van der Waals surface area contributed by atoms with Crippen molar-refractivity contribution in [1.29, 1.82) is 0 Å². The highest BCUT2D eigenvalue weighted by Crippen LogP contribution is 2.48. The van der Waals surface area contributed by atoms with Crippen LogP contribution in [-0.4, -0.2) is 19.9 Å². The summed E-state index contributed by atoms with van der Waals surface area (Å²) in [7, 11) is 0. The van der Waals surface area contributed by atoms with Crippen molar-refractivity contribution in [2.24, 2.45) is 0 Å². The van der Waals surface area contributed by atoms with Crippen molar-refractivity contribution in [3.8, 4) is 101 Å². The molecule has 4 heteroatoms. The van der Waals surface area contributed by atoms with Gasteiger partial charge in [-0.05, 0) is 27.8 Å². The van der Waals surface area contributed by atoms with Gasteiger partial charge in [-0.25, -0.2) is 19.9 Å². The van der Waals surface area contributed by atoms with E-state index in [4.69, 9.17) is 19.9 Å². The average Bonchev–Trinajstić information content (AvgIpc) is 3.35. The lowest BCUT2D eigenvalue weighted by atomic mass is 9.83. The number of hydrogen-bond donors (Lipinski definition) is 0. The highest BCUT2D eigenvalue weighted by Gasteiger charge is 2.25. The van der Waals surface area contributed by atoms with Gasteiger partial charge in [0.2, 0.25) is 0 Å². The first-order valence-corrected chi connectivity index (χ1v) is 20.1. The molecule has 282 valence electrons. The van der Waals surface area contributed by atoms with Crippen LogP contribution in [0.2, 0.25) is 0 Å². The van der Waals surface area contributed by atoms with Gasteiger partial charge in [-0.1, -0.05) is 231 Å². The van der Waals surface area contributed by atoms with Crippen LogP contribution < -0.4 is 0 Å². The SMILES string of the molecule is c1ccc(-c2ccc(-c3nc(-c4ccccc4)nc(-c4ccc(-c5c(-c6ccccc6)c(-c6ccccc6)nc(-c6ccccc6)c5-c5ccccc5)cc4)n3)cc2)cc1. The lowest BCUT2D eigenvalue weighted by Gasteiger charge is -2.23. The van der Waals surface area contributed by atoms with E-state index in [9.17, 15) is 0 Å². The number of aromatic nitrogens is 4. The van der Waals surface area contributed by atoms with E-state index in [2.05, 4.69) is 194 Å². The van der Waals surface area contributed by atoms with Gasteiger partial charge in [0.15, 0.2) is 17.5 Å². The summed E-state index contributed by atoms with van der Waals surface area (Å²) in [4.78, 5) is 20.8. The van der Waals surface area contributed by atoms with Crippen molar-refractivity contribution < 1.29 is 0 Å². The summed E-state index contributed by atoms with van der Waals surface area (Å²) in [6.07, 6.45) is 0. The minimum absolute atomic E-state index is 0.605. The van der Waals surface area contributed by atoms with Gasteiger partial charge in [0.1, 0.15) is 0 Å².